The Balaban J connectivity index is 1.26. The molecule has 4 heterocycles. The number of aromatic nitrogens is 2. The molecule has 0 radical (unpaired) electrons. The number of fused-ring (bicyclic) bond motifs is 1. The summed E-state index contributed by atoms with van der Waals surface area (Å²) in [5, 5.41) is 11.9. The van der Waals surface area contributed by atoms with Gasteiger partial charge >= 0.3 is 0 Å². The van der Waals surface area contributed by atoms with Crippen LogP contribution in [-0.2, 0) is 6.54 Å². The standard InChI is InChI=1S/C30H29FN6OS/c1-17-13-18(15-20(14-17)38-19-5-3-2-4-6-19)23-8-7-22(32)29(36-23)27(33)30-35-16-21-24(37-30)11-12-34-28(21)25-9-10-26(31)39-25/h7-15,19,33H,2-6,16,32H2,1H3,(H,35,37). The summed E-state index contributed by atoms with van der Waals surface area (Å²) in [7, 11) is 0. The molecule has 3 aromatic heterocycles. The van der Waals surface area contributed by atoms with Crippen LogP contribution in [0.4, 0.5) is 15.8 Å². The van der Waals surface area contributed by atoms with E-state index in [1.165, 1.54) is 25.3 Å². The highest BCUT2D eigenvalue weighted by Crippen LogP contribution is 2.34. The molecule has 2 aliphatic rings. The van der Waals surface area contributed by atoms with Crippen molar-refractivity contribution in [2.24, 2.45) is 4.99 Å². The van der Waals surface area contributed by atoms with Gasteiger partial charge in [0.2, 0.25) is 0 Å². The second-order valence-corrected chi connectivity index (χ2v) is 11.0. The van der Waals surface area contributed by atoms with Crippen LogP contribution in [0.1, 0.15) is 48.9 Å². The van der Waals surface area contributed by atoms with E-state index in [9.17, 15) is 4.39 Å². The predicted molar refractivity (Wildman–Crippen MR) is 155 cm³/mol. The maximum Gasteiger partial charge on any atom is 0.177 e. The molecule has 0 amide bonds. The number of halogens is 1. The normalized spacial score (nSPS) is 15.3. The Morgan fingerprint density at radius 2 is 1.95 bits per heavy atom. The number of amidine groups is 1. The van der Waals surface area contributed by atoms with Crippen molar-refractivity contribution in [1.82, 2.24) is 9.97 Å². The largest absolute Gasteiger partial charge is 0.490 e. The number of nitrogens with one attached hydrogen (secondary N) is 2. The van der Waals surface area contributed by atoms with Crippen LogP contribution >= 0.6 is 11.3 Å². The van der Waals surface area contributed by atoms with Gasteiger partial charge in [0.1, 0.15) is 17.2 Å². The number of aliphatic imine (C=N–C) groups is 1. The van der Waals surface area contributed by atoms with Gasteiger partial charge in [-0.1, -0.05) is 6.42 Å². The van der Waals surface area contributed by atoms with Crippen LogP contribution in [0.3, 0.4) is 0 Å². The maximum absolute atomic E-state index is 13.6. The number of benzene rings is 1. The number of ether oxygens (including phenoxy) is 1. The van der Waals surface area contributed by atoms with Crippen LogP contribution in [0.25, 0.3) is 21.8 Å². The van der Waals surface area contributed by atoms with Crippen LogP contribution in [0.5, 0.6) is 5.75 Å². The minimum Gasteiger partial charge on any atom is -0.490 e. The summed E-state index contributed by atoms with van der Waals surface area (Å²) in [6.07, 6.45) is 7.80. The van der Waals surface area contributed by atoms with E-state index in [1.54, 1.807) is 18.3 Å². The molecule has 198 valence electrons. The molecule has 9 heteroatoms. The van der Waals surface area contributed by atoms with Crippen LogP contribution in [0.15, 0.2) is 59.7 Å². The summed E-state index contributed by atoms with van der Waals surface area (Å²) in [6, 6.07) is 14.8. The van der Waals surface area contributed by atoms with E-state index in [4.69, 9.17) is 20.9 Å². The number of nitrogens with zero attached hydrogens (tertiary/aromatic N) is 3. The molecular weight excluding hydrogens is 511 g/mol. The molecule has 0 atom stereocenters. The van der Waals surface area contributed by atoms with Gasteiger partial charge in [-0.05, 0) is 86.7 Å². The van der Waals surface area contributed by atoms with Crippen molar-refractivity contribution < 1.29 is 9.13 Å². The van der Waals surface area contributed by atoms with Crippen LogP contribution in [0, 0.1) is 17.5 Å². The molecule has 0 saturated heterocycles. The Morgan fingerprint density at radius 3 is 2.74 bits per heavy atom. The van der Waals surface area contributed by atoms with Gasteiger partial charge in [0.05, 0.1) is 34.6 Å². The Labute approximate surface area is 230 Å². The SMILES string of the molecule is Cc1cc(OC2CCCCC2)cc(-c2ccc(N)c(C(=N)C3=NCc4c(ccnc4-c4ccc(F)s4)N3)n2)c1. The summed E-state index contributed by atoms with van der Waals surface area (Å²) < 4.78 is 20.0. The number of nitrogen functional groups attached to an aromatic ring is 1. The molecule has 1 aliphatic carbocycles. The fourth-order valence-corrected chi connectivity index (χ4v) is 5.93. The van der Waals surface area contributed by atoms with Gasteiger partial charge in [-0.2, -0.15) is 4.39 Å². The van der Waals surface area contributed by atoms with Gasteiger partial charge < -0.3 is 15.8 Å². The summed E-state index contributed by atoms with van der Waals surface area (Å²) in [6.45, 7) is 2.35. The lowest BCUT2D eigenvalue weighted by atomic mass is 9.97. The Morgan fingerprint density at radius 1 is 1.10 bits per heavy atom. The van der Waals surface area contributed by atoms with E-state index >= 15 is 0 Å². The van der Waals surface area contributed by atoms with Crippen molar-refractivity contribution in [3.63, 3.8) is 0 Å². The Bertz CT molecular complexity index is 1590. The lowest BCUT2D eigenvalue weighted by Gasteiger charge is -2.23. The van der Waals surface area contributed by atoms with Crippen molar-refractivity contribution in [3.05, 3.63) is 76.7 Å². The second kappa shape index (κ2) is 10.6. The molecule has 1 aliphatic heterocycles. The first-order valence-corrected chi connectivity index (χ1v) is 14.0. The molecule has 6 rings (SSSR count). The van der Waals surface area contributed by atoms with E-state index in [0.717, 1.165) is 57.2 Å². The van der Waals surface area contributed by atoms with Crippen molar-refractivity contribution in [3.8, 4) is 27.6 Å². The number of aryl methyl sites for hydroxylation is 1. The first-order valence-electron chi connectivity index (χ1n) is 13.1. The van der Waals surface area contributed by atoms with Crippen molar-refractivity contribution in [2.45, 2.75) is 51.7 Å². The zero-order chi connectivity index (χ0) is 26.9. The zero-order valence-corrected chi connectivity index (χ0v) is 22.4. The maximum atomic E-state index is 13.6. The number of nitrogens with two attached hydrogens (primary N) is 1. The van der Waals surface area contributed by atoms with Gasteiger partial charge in [-0.15, -0.1) is 11.3 Å². The Hall–Kier alpha value is -4.11. The van der Waals surface area contributed by atoms with Gasteiger partial charge in [0.25, 0.3) is 0 Å². The van der Waals surface area contributed by atoms with E-state index in [2.05, 4.69) is 27.4 Å². The Kier molecular flexibility index (Phi) is 6.83. The van der Waals surface area contributed by atoms with Crippen LogP contribution < -0.4 is 15.8 Å². The monoisotopic (exact) mass is 540 g/mol. The first kappa shape index (κ1) is 25.2. The van der Waals surface area contributed by atoms with Crippen LogP contribution in [0.2, 0.25) is 0 Å². The zero-order valence-electron chi connectivity index (χ0n) is 21.6. The quantitative estimate of drug-likeness (QED) is 0.228. The molecule has 1 fully saturated rings. The predicted octanol–water partition coefficient (Wildman–Crippen LogP) is 7.01. The van der Waals surface area contributed by atoms with Crippen molar-refractivity contribution in [1.29, 1.82) is 5.41 Å². The summed E-state index contributed by atoms with van der Waals surface area (Å²) >= 11 is 1.05. The highest BCUT2D eigenvalue weighted by atomic mass is 32.1. The number of pyridine rings is 2. The minimum atomic E-state index is -0.262. The third-order valence-corrected chi connectivity index (χ3v) is 7.99. The smallest absolute Gasteiger partial charge is 0.177 e. The minimum absolute atomic E-state index is 0.104. The average molecular weight is 541 g/mol. The first-order chi connectivity index (χ1) is 18.9. The number of anilines is 2. The number of hydrogen-bond acceptors (Lipinski definition) is 8. The van der Waals surface area contributed by atoms with E-state index in [-0.39, 0.29) is 16.9 Å². The molecule has 7 nitrogen and oxygen atoms in total. The van der Waals surface area contributed by atoms with Gasteiger partial charge in [-0.3, -0.25) is 15.4 Å². The third kappa shape index (κ3) is 5.27. The van der Waals surface area contributed by atoms with E-state index in [1.807, 2.05) is 25.1 Å². The van der Waals surface area contributed by atoms with Crippen molar-refractivity contribution >= 4 is 34.3 Å². The fraction of sp³-hybridized carbons (Fsp3) is 0.267. The molecular formula is C30H29FN6OS. The fourth-order valence-electron chi connectivity index (χ4n) is 5.17. The number of rotatable bonds is 6. The van der Waals surface area contributed by atoms with Crippen LogP contribution in [-0.4, -0.2) is 27.6 Å². The molecule has 4 aromatic rings. The number of hydrogen-bond donors (Lipinski definition) is 3. The lowest BCUT2D eigenvalue weighted by molar-refractivity contribution is 0.155. The van der Waals surface area contributed by atoms with Gasteiger partial charge in [0, 0.05) is 23.0 Å². The number of thiophene rings is 1. The molecule has 0 spiro atoms. The highest BCUT2D eigenvalue weighted by Gasteiger charge is 2.23. The molecule has 1 saturated carbocycles. The van der Waals surface area contributed by atoms with Crippen molar-refractivity contribution in [2.75, 3.05) is 11.1 Å². The summed E-state index contributed by atoms with van der Waals surface area (Å²) in [5.74, 6) is 1.22. The average Bonchev–Trinajstić information content (AvgIpc) is 3.38. The van der Waals surface area contributed by atoms with E-state index < -0.39 is 0 Å². The topological polar surface area (TPSA) is 109 Å². The molecule has 39 heavy (non-hydrogen) atoms. The van der Waals surface area contributed by atoms with Gasteiger partial charge in [0.15, 0.2) is 11.0 Å². The molecule has 0 bridgehead atoms. The molecule has 1 aromatic carbocycles. The second-order valence-electron chi connectivity index (χ2n) is 10.0. The highest BCUT2D eigenvalue weighted by molar-refractivity contribution is 7.13. The summed E-state index contributed by atoms with van der Waals surface area (Å²) in [4.78, 5) is 14.6. The molecule has 4 N–H and O–H groups in total. The third-order valence-electron chi connectivity index (χ3n) is 7.11. The van der Waals surface area contributed by atoms with E-state index in [0.29, 0.717) is 35.1 Å². The van der Waals surface area contributed by atoms with Gasteiger partial charge in [-0.25, -0.2) is 4.98 Å². The molecule has 0 unspecified atom stereocenters. The lowest BCUT2D eigenvalue weighted by Crippen LogP contribution is -2.28. The summed E-state index contributed by atoms with van der Waals surface area (Å²) in [5.41, 5.74) is 12.2.